The Balaban J connectivity index is 1.89. The van der Waals surface area contributed by atoms with Crippen LogP contribution < -0.4 is 16.0 Å². The van der Waals surface area contributed by atoms with E-state index < -0.39 is 21.9 Å². The van der Waals surface area contributed by atoms with E-state index in [1.165, 1.54) is 25.3 Å². The van der Waals surface area contributed by atoms with Crippen LogP contribution in [0.1, 0.15) is 54.9 Å². The van der Waals surface area contributed by atoms with Gasteiger partial charge in [0, 0.05) is 18.0 Å². The molecular formula is C25H31N5O6S. The number of nitrogens with one attached hydrogen (secondary N) is 3. The number of benzene rings is 1. The number of amides is 1. The number of hydrogen-bond acceptors (Lipinski definition) is 10. The molecule has 1 heterocycles. The fourth-order valence-electron chi connectivity index (χ4n) is 4.05. The number of methoxy groups -OCH3 is 1. The second-order valence-electron chi connectivity index (χ2n) is 8.73. The lowest BCUT2D eigenvalue weighted by Gasteiger charge is -2.23. The molecule has 2 aromatic rings. The van der Waals surface area contributed by atoms with Gasteiger partial charge >= 0.3 is 12.1 Å². The first-order valence-electron chi connectivity index (χ1n) is 12.0. The van der Waals surface area contributed by atoms with Gasteiger partial charge in [0.25, 0.3) is 0 Å². The summed E-state index contributed by atoms with van der Waals surface area (Å²) < 4.78 is 34.0. The average molecular weight is 530 g/mol. The van der Waals surface area contributed by atoms with Crippen LogP contribution in [0.3, 0.4) is 0 Å². The molecule has 1 fully saturated rings. The molecule has 0 saturated heterocycles. The number of unbranched alkanes of at least 4 members (excludes halogenated alkanes) is 1. The Bertz CT molecular complexity index is 1290. The van der Waals surface area contributed by atoms with Crippen molar-refractivity contribution in [3.63, 3.8) is 0 Å². The van der Waals surface area contributed by atoms with Crippen LogP contribution in [0.15, 0.2) is 35.2 Å². The number of carbonyl (C=O) groups excluding carboxylic acids is 2. The van der Waals surface area contributed by atoms with Crippen LogP contribution in [-0.2, 0) is 19.3 Å². The molecule has 1 saturated carbocycles. The van der Waals surface area contributed by atoms with E-state index in [0.717, 1.165) is 38.4 Å². The highest BCUT2D eigenvalue weighted by atomic mass is 32.2. The molecule has 3 N–H and O–H groups in total. The highest BCUT2D eigenvalue weighted by Crippen LogP contribution is 2.29. The second-order valence-corrected chi connectivity index (χ2v) is 10.7. The first kappa shape index (κ1) is 27.7. The zero-order chi connectivity index (χ0) is 27.0. The molecule has 1 aliphatic rings. The highest BCUT2D eigenvalue weighted by molar-refractivity contribution is 7.90. The summed E-state index contributed by atoms with van der Waals surface area (Å²) in [5.41, 5.74) is 0.297. The van der Waals surface area contributed by atoms with Gasteiger partial charge in [-0.25, -0.2) is 23.0 Å². The Hall–Kier alpha value is -3.85. The van der Waals surface area contributed by atoms with Gasteiger partial charge in [0.2, 0.25) is 0 Å². The molecule has 198 valence electrons. The zero-order valence-electron chi connectivity index (χ0n) is 21.0. The molecule has 0 bridgehead atoms. The van der Waals surface area contributed by atoms with E-state index in [0.29, 0.717) is 18.1 Å². The van der Waals surface area contributed by atoms with Gasteiger partial charge in [-0.15, -0.1) is 0 Å². The molecule has 1 aromatic carbocycles. The number of rotatable bonds is 10. The van der Waals surface area contributed by atoms with Crippen molar-refractivity contribution >= 4 is 39.2 Å². The van der Waals surface area contributed by atoms with Gasteiger partial charge in [-0.1, -0.05) is 19.4 Å². The van der Waals surface area contributed by atoms with E-state index >= 15 is 0 Å². The maximum Gasteiger partial charge on any atom is 0.407 e. The van der Waals surface area contributed by atoms with E-state index in [-0.39, 0.29) is 33.9 Å². The minimum Gasteiger partial charge on any atom is -0.465 e. The molecule has 1 aromatic heterocycles. The number of nitrogens with zero attached hydrogens (tertiary/aromatic N) is 2. The SMILES string of the molecule is CCCCOC(=O)N[C@H]1CCC[C@H]1Nc1cc(C#N)c(C(=O)OC)c(Nc2cccc(S(C)(=O)=O)c2)n1. The molecule has 0 radical (unpaired) electrons. The topological polar surface area (TPSA) is 160 Å². The Morgan fingerprint density at radius 2 is 1.97 bits per heavy atom. The van der Waals surface area contributed by atoms with Gasteiger partial charge in [0.15, 0.2) is 9.84 Å². The number of carbonyl (C=O) groups is 2. The standard InChI is InChI=1S/C25H31N5O6S/c1-4-5-12-36-25(32)29-20-11-7-10-19(20)28-21-13-16(15-26)22(24(31)35-2)23(30-21)27-17-8-6-9-18(14-17)37(3,33)34/h6,8-9,13-14,19-20H,4-5,7,10-12H2,1-3H3,(H,29,32)(H2,27,28,30)/t19-,20+/m1/s1. The van der Waals surface area contributed by atoms with Crippen LogP contribution in [-0.4, -0.2) is 57.5 Å². The van der Waals surface area contributed by atoms with Crippen LogP contribution in [0.2, 0.25) is 0 Å². The number of pyridine rings is 1. The smallest absolute Gasteiger partial charge is 0.407 e. The minimum atomic E-state index is -3.47. The molecule has 0 spiro atoms. The van der Waals surface area contributed by atoms with Crippen LogP contribution in [0.5, 0.6) is 0 Å². The van der Waals surface area contributed by atoms with Crippen molar-refractivity contribution in [2.75, 3.05) is 30.6 Å². The van der Waals surface area contributed by atoms with Crippen molar-refractivity contribution < 1.29 is 27.5 Å². The molecular weight excluding hydrogens is 498 g/mol. The quantitative estimate of drug-likeness (QED) is 0.305. The minimum absolute atomic E-state index is 0.0209. The van der Waals surface area contributed by atoms with E-state index in [1.807, 2.05) is 13.0 Å². The fourth-order valence-corrected chi connectivity index (χ4v) is 4.71. The van der Waals surface area contributed by atoms with Crippen LogP contribution in [0.4, 0.5) is 22.1 Å². The Morgan fingerprint density at radius 1 is 1.22 bits per heavy atom. The third-order valence-corrected chi connectivity index (χ3v) is 7.05. The van der Waals surface area contributed by atoms with Gasteiger partial charge in [0.1, 0.15) is 23.3 Å². The van der Waals surface area contributed by atoms with Crippen LogP contribution in [0, 0.1) is 11.3 Å². The van der Waals surface area contributed by atoms with Gasteiger partial charge in [0.05, 0.1) is 30.2 Å². The number of esters is 1. The molecule has 37 heavy (non-hydrogen) atoms. The van der Waals surface area contributed by atoms with Gasteiger partial charge in [-0.3, -0.25) is 0 Å². The molecule has 3 rings (SSSR count). The van der Waals surface area contributed by atoms with Crippen molar-refractivity contribution in [3.05, 3.63) is 41.5 Å². The lowest BCUT2D eigenvalue weighted by molar-refractivity contribution is 0.0601. The lowest BCUT2D eigenvalue weighted by atomic mass is 10.1. The van der Waals surface area contributed by atoms with Crippen molar-refractivity contribution in [1.29, 1.82) is 5.26 Å². The van der Waals surface area contributed by atoms with Crippen molar-refractivity contribution in [2.24, 2.45) is 0 Å². The predicted molar refractivity (Wildman–Crippen MR) is 138 cm³/mol. The summed E-state index contributed by atoms with van der Waals surface area (Å²) in [7, 11) is -2.28. The summed E-state index contributed by atoms with van der Waals surface area (Å²) in [6.07, 6.45) is 4.68. The number of sulfone groups is 1. The van der Waals surface area contributed by atoms with Gasteiger partial charge in [-0.05, 0) is 49.9 Å². The summed E-state index contributed by atoms with van der Waals surface area (Å²) in [5.74, 6) is -0.433. The fraction of sp³-hybridized carbons (Fsp3) is 0.440. The number of ether oxygens (including phenoxy) is 2. The van der Waals surface area contributed by atoms with Crippen molar-refractivity contribution in [3.8, 4) is 6.07 Å². The molecule has 1 amide bonds. The Kier molecular flexibility index (Phi) is 9.30. The number of aromatic nitrogens is 1. The third kappa shape index (κ3) is 7.33. The average Bonchev–Trinajstić information content (AvgIpc) is 3.29. The summed E-state index contributed by atoms with van der Waals surface area (Å²) >= 11 is 0. The lowest BCUT2D eigenvalue weighted by Crippen LogP contribution is -2.43. The number of hydrogen-bond donors (Lipinski definition) is 3. The number of anilines is 3. The zero-order valence-corrected chi connectivity index (χ0v) is 21.9. The molecule has 11 nitrogen and oxygen atoms in total. The monoisotopic (exact) mass is 529 g/mol. The predicted octanol–water partition coefficient (Wildman–Crippen LogP) is 3.75. The highest BCUT2D eigenvalue weighted by Gasteiger charge is 2.30. The molecule has 12 heteroatoms. The molecule has 2 atom stereocenters. The maximum atomic E-state index is 12.5. The molecule has 0 unspecified atom stereocenters. The molecule has 1 aliphatic carbocycles. The van der Waals surface area contributed by atoms with Crippen LogP contribution in [0.25, 0.3) is 0 Å². The largest absolute Gasteiger partial charge is 0.465 e. The van der Waals surface area contributed by atoms with Gasteiger partial charge in [-0.2, -0.15) is 5.26 Å². The first-order valence-corrected chi connectivity index (χ1v) is 13.9. The number of alkyl carbamates (subject to hydrolysis) is 1. The van der Waals surface area contributed by atoms with Crippen LogP contribution >= 0.6 is 0 Å². The summed E-state index contributed by atoms with van der Waals surface area (Å²) in [6.45, 7) is 2.36. The molecule has 0 aliphatic heterocycles. The third-order valence-electron chi connectivity index (χ3n) is 5.94. The van der Waals surface area contributed by atoms with E-state index in [4.69, 9.17) is 9.47 Å². The summed E-state index contributed by atoms with van der Waals surface area (Å²) in [4.78, 5) is 29.3. The Morgan fingerprint density at radius 3 is 2.65 bits per heavy atom. The van der Waals surface area contributed by atoms with Gasteiger partial charge < -0.3 is 25.4 Å². The first-order chi connectivity index (χ1) is 17.7. The Labute approximate surface area is 216 Å². The van der Waals surface area contributed by atoms with Crippen molar-refractivity contribution in [1.82, 2.24) is 10.3 Å². The van der Waals surface area contributed by atoms with E-state index in [2.05, 4.69) is 20.9 Å². The summed E-state index contributed by atoms with van der Waals surface area (Å²) in [6, 6.07) is 9.10. The normalized spacial score (nSPS) is 16.9. The summed E-state index contributed by atoms with van der Waals surface area (Å²) in [5, 5.41) is 18.9. The van der Waals surface area contributed by atoms with E-state index in [9.17, 15) is 23.3 Å². The maximum absolute atomic E-state index is 12.5. The van der Waals surface area contributed by atoms with E-state index in [1.54, 1.807) is 12.1 Å². The second kappa shape index (κ2) is 12.4. The van der Waals surface area contributed by atoms with Crippen molar-refractivity contribution in [2.45, 2.75) is 56.0 Å². The number of nitriles is 1.